The van der Waals surface area contributed by atoms with Crippen molar-refractivity contribution in [3.05, 3.63) is 94.5 Å². The van der Waals surface area contributed by atoms with Crippen LogP contribution < -0.4 is 11.0 Å². The topological polar surface area (TPSA) is 107 Å². The summed E-state index contributed by atoms with van der Waals surface area (Å²) in [5.74, 6) is 0.414. The number of carbonyl (C=O) groups is 1. The molecule has 0 saturated heterocycles. The highest BCUT2D eigenvalue weighted by Gasteiger charge is 2.19. The summed E-state index contributed by atoms with van der Waals surface area (Å²) >= 11 is 0. The van der Waals surface area contributed by atoms with Gasteiger partial charge in [-0.1, -0.05) is 59.3 Å². The molecular formula is C27H26N6O3. The Balaban J connectivity index is 1.32. The highest BCUT2D eigenvalue weighted by molar-refractivity contribution is 5.76. The quantitative estimate of drug-likeness (QED) is 0.362. The molecule has 0 aliphatic heterocycles. The van der Waals surface area contributed by atoms with Crippen LogP contribution in [-0.4, -0.2) is 36.3 Å². The van der Waals surface area contributed by atoms with Crippen molar-refractivity contribution >= 4 is 11.6 Å². The van der Waals surface area contributed by atoms with E-state index in [4.69, 9.17) is 4.52 Å². The Labute approximate surface area is 207 Å². The van der Waals surface area contributed by atoms with Gasteiger partial charge in [0.05, 0.1) is 5.56 Å². The Hall–Kier alpha value is -4.53. The minimum absolute atomic E-state index is 0.0422. The number of pyridine rings is 1. The number of benzene rings is 2. The average molecular weight is 483 g/mol. The van der Waals surface area contributed by atoms with E-state index in [1.807, 2.05) is 56.3 Å². The summed E-state index contributed by atoms with van der Waals surface area (Å²) in [4.78, 5) is 30.1. The molecule has 1 atom stereocenters. The van der Waals surface area contributed by atoms with Crippen LogP contribution in [0, 0.1) is 6.92 Å². The fourth-order valence-electron chi connectivity index (χ4n) is 4.10. The first-order valence-corrected chi connectivity index (χ1v) is 11.8. The fraction of sp³-hybridized carbons (Fsp3) is 0.222. The molecular weight excluding hydrogens is 456 g/mol. The molecule has 0 fully saturated rings. The van der Waals surface area contributed by atoms with Crippen LogP contribution in [0.1, 0.15) is 24.5 Å². The lowest BCUT2D eigenvalue weighted by atomic mass is 10.1. The zero-order chi connectivity index (χ0) is 25.1. The summed E-state index contributed by atoms with van der Waals surface area (Å²) in [5.41, 5.74) is 3.56. The molecule has 9 nitrogen and oxygen atoms in total. The maximum atomic E-state index is 12.9. The minimum atomic E-state index is -0.419. The molecule has 5 aromatic rings. The van der Waals surface area contributed by atoms with Crippen LogP contribution >= 0.6 is 0 Å². The third kappa shape index (κ3) is 4.95. The Kier molecular flexibility index (Phi) is 6.44. The van der Waals surface area contributed by atoms with Crippen LogP contribution in [0.5, 0.6) is 0 Å². The SMILES string of the molecule is Cc1cccc(-c2noc(-c3cccn4c(=O)n(CC(=O)NC(C)CCc5ccccc5)nc34)n2)c1. The number of amides is 1. The zero-order valence-electron chi connectivity index (χ0n) is 20.1. The first-order chi connectivity index (χ1) is 17.5. The van der Waals surface area contributed by atoms with E-state index >= 15 is 0 Å². The molecule has 3 aromatic heterocycles. The molecule has 1 amide bonds. The van der Waals surface area contributed by atoms with Gasteiger partial charge in [-0.3, -0.25) is 4.79 Å². The molecule has 0 bridgehead atoms. The average Bonchev–Trinajstić information content (AvgIpc) is 3.49. The first-order valence-electron chi connectivity index (χ1n) is 11.8. The van der Waals surface area contributed by atoms with E-state index in [1.165, 1.54) is 9.96 Å². The molecule has 0 saturated carbocycles. The van der Waals surface area contributed by atoms with Crippen LogP contribution in [0.15, 0.2) is 82.2 Å². The molecule has 0 aliphatic carbocycles. The monoisotopic (exact) mass is 482 g/mol. The molecule has 1 N–H and O–H groups in total. The van der Waals surface area contributed by atoms with Gasteiger partial charge in [-0.2, -0.15) is 4.98 Å². The van der Waals surface area contributed by atoms with Crippen molar-refractivity contribution in [2.45, 2.75) is 39.3 Å². The summed E-state index contributed by atoms with van der Waals surface area (Å²) in [6.07, 6.45) is 3.25. The van der Waals surface area contributed by atoms with E-state index < -0.39 is 5.69 Å². The van der Waals surface area contributed by atoms with Crippen molar-refractivity contribution < 1.29 is 9.32 Å². The molecule has 9 heteroatoms. The van der Waals surface area contributed by atoms with Crippen LogP contribution in [0.4, 0.5) is 0 Å². The summed E-state index contributed by atoms with van der Waals surface area (Å²) in [5, 5.41) is 11.4. The predicted molar refractivity (Wildman–Crippen MR) is 135 cm³/mol. The highest BCUT2D eigenvalue weighted by Crippen LogP contribution is 2.24. The van der Waals surface area contributed by atoms with Gasteiger partial charge < -0.3 is 9.84 Å². The Morgan fingerprint density at radius 3 is 2.72 bits per heavy atom. The van der Waals surface area contributed by atoms with Gasteiger partial charge in [-0.25, -0.2) is 13.9 Å². The van der Waals surface area contributed by atoms with Crippen molar-refractivity contribution in [2.75, 3.05) is 0 Å². The maximum Gasteiger partial charge on any atom is 0.350 e. The third-order valence-corrected chi connectivity index (χ3v) is 5.95. The minimum Gasteiger partial charge on any atom is -0.352 e. The van der Waals surface area contributed by atoms with Gasteiger partial charge in [0.2, 0.25) is 11.7 Å². The molecule has 3 heterocycles. The Morgan fingerprint density at radius 1 is 1.08 bits per heavy atom. The number of fused-ring (bicyclic) bond motifs is 1. The number of carbonyl (C=O) groups excluding carboxylic acids is 1. The second kappa shape index (κ2) is 9.99. The molecule has 0 spiro atoms. The number of rotatable bonds is 8. The summed E-state index contributed by atoms with van der Waals surface area (Å²) in [6, 6.07) is 21.3. The lowest BCUT2D eigenvalue weighted by molar-refractivity contribution is -0.122. The summed E-state index contributed by atoms with van der Waals surface area (Å²) < 4.78 is 8.02. The number of aryl methyl sites for hydroxylation is 2. The van der Waals surface area contributed by atoms with Gasteiger partial charge in [-0.15, -0.1) is 5.10 Å². The third-order valence-electron chi connectivity index (χ3n) is 5.95. The van der Waals surface area contributed by atoms with Crippen LogP contribution in [0.3, 0.4) is 0 Å². The van der Waals surface area contributed by atoms with E-state index in [1.54, 1.807) is 18.3 Å². The molecule has 0 aliphatic rings. The van der Waals surface area contributed by atoms with Crippen molar-refractivity contribution in [1.82, 2.24) is 29.6 Å². The number of aromatic nitrogens is 5. The number of hydrogen-bond donors (Lipinski definition) is 1. The van der Waals surface area contributed by atoms with Crippen LogP contribution in [0.2, 0.25) is 0 Å². The standard InChI is InChI=1S/C27H26N6O3/c1-18-8-6-11-21(16-18)24-29-26(36-31-24)22-12-7-15-32-25(22)30-33(27(32)35)17-23(34)28-19(2)13-14-20-9-4-3-5-10-20/h3-12,15-16,19H,13-14,17H2,1-2H3,(H,28,34). The van der Waals surface area contributed by atoms with Gasteiger partial charge in [0.1, 0.15) is 6.54 Å². The van der Waals surface area contributed by atoms with Crippen molar-refractivity contribution in [1.29, 1.82) is 0 Å². The predicted octanol–water partition coefficient (Wildman–Crippen LogP) is 3.66. The summed E-state index contributed by atoms with van der Waals surface area (Å²) in [6.45, 7) is 3.76. The van der Waals surface area contributed by atoms with Crippen LogP contribution in [0.25, 0.3) is 28.5 Å². The van der Waals surface area contributed by atoms with Gasteiger partial charge in [0.25, 0.3) is 5.89 Å². The van der Waals surface area contributed by atoms with Crippen molar-refractivity contribution in [3.63, 3.8) is 0 Å². The lowest BCUT2D eigenvalue weighted by Crippen LogP contribution is -2.37. The van der Waals surface area contributed by atoms with E-state index in [0.717, 1.165) is 28.7 Å². The fourth-order valence-corrected chi connectivity index (χ4v) is 4.10. The van der Waals surface area contributed by atoms with Gasteiger partial charge in [0.15, 0.2) is 5.65 Å². The van der Waals surface area contributed by atoms with E-state index in [9.17, 15) is 9.59 Å². The molecule has 2 aromatic carbocycles. The molecule has 36 heavy (non-hydrogen) atoms. The van der Waals surface area contributed by atoms with Crippen molar-refractivity contribution in [3.8, 4) is 22.8 Å². The van der Waals surface area contributed by atoms with E-state index in [0.29, 0.717) is 17.0 Å². The summed E-state index contributed by atoms with van der Waals surface area (Å²) in [7, 11) is 0. The number of hydrogen-bond acceptors (Lipinski definition) is 6. The second-order valence-electron chi connectivity index (χ2n) is 8.84. The first kappa shape index (κ1) is 23.2. The highest BCUT2D eigenvalue weighted by atomic mass is 16.5. The smallest absolute Gasteiger partial charge is 0.350 e. The van der Waals surface area contributed by atoms with E-state index in [-0.39, 0.29) is 24.4 Å². The maximum absolute atomic E-state index is 12.9. The zero-order valence-corrected chi connectivity index (χ0v) is 20.1. The van der Waals surface area contributed by atoms with Crippen LogP contribution in [-0.2, 0) is 17.8 Å². The Bertz CT molecular complexity index is 1570. The largest absolute Gasteiger partial charge is 0.352 e. The van der Waals surface area contributed by atoms with Gasteiger partial charge in [0, 0.05) is 17.8 Å². The molecule has 0 radical (unpaired) electrons. The van der Waals surface area contributed by atoms with E-state index in [2.05, 4.69) is 32.7 Å². The Morgan fingerprint density at radius 2 is 1.92 bits per heavy atom. The lowest BCUT2D eigenvalue weighted by Gasteiger charge is -2.13. The molecule has 5 rings (SSSR count). The second-order valence-corrected chi connectivity index (χ2v) is 8.84. The number of nitrogens with zero attached hydrogens (tertiary/aromatic N) is 5. The number of nitrogens with one attached hydrogen (secondary N) is 1. The van der Waals surface area contributed by atoms with Gasteiger partial charge >= 0.3 is 5.69 Å². The van der Waals surface area contributed by atoms with Gasteiger partial charge in [-0.05, 0) is 50.5 Å². The molecule has 1 unspecified atom stereocenters. The molecule has 182 valence electrons. The normalized spacial score (nSPS) is 12.1. The van der Waals surface area contributed by atoms with Crippen molar-refractivity contribution in [2.24, 2.45) is 0 Å².